The Labute approximate surface area is 155 Å². The molecule has 0 saturated carbocycles. The molecule has 3 aromatic heterocycles. The number of benzene rings is 1. The van der Waals surface area contributed by atoms with Crippen molar-refractivity contribution in [3.63, 3.8) is 0 Å². The zero-order valence-corrected chi connectivity index (χ0v) is 14.9. The van der Waals surface area contributed by atoms with Crippen LogP contribution in [0.5, 0.6) is 0 Å². The lowest BCUT2D eigenvalue weighted by Crippen LogP contribution is -2.10. The van der Waals surface area contributed by atoms with E-state index in [9.17, 15) is 4.39 Å². The van der Waals surface area contributed by atoms with Gasteiger partial charge in [0.2, 0.25) is 0 Å². The second-order valence-electron chi connectivity index (χ2n) is 6.08. The molecule has 0 amide bonds. The molecule has 1 unspecified atom stereocenters. The molecule has 0 aliphatic carbocycles. The Balaban J connectivity index is 1.81. The number of nitrogens with one attached hydrogen (secondary N) is 2. The van der Waals surface area contributed by atoms with Gasteiger partial charge in [0.05, 0.1) is 0 Å². The van der Waals surface area contributed by atoms with Gasteiger partial charge in [-0.1, -0.05) is 12.1 Å². The van der Waals surface area contributed by atoms with E-state index in [0.717, 1.165) is 16.8 Å². The van der Waals surface area contributed by atoms with Gasteiger partial charge >= 0.3 is 0 Å². The van der Waals surface area contributed by atoms with Crippen LogP contribution in [0.15, 0.2) is 53.7 Å². The highest BCUT2D eigenvalue weighted by Crippen LogP contribution is 2.27. The number of aromatic amines is 1. The van der Waals surface area contributed by atoms with Gasteiger partial charge in [0.25, 0.3) is 0 Å². The summed E-state index contributed by atoms with van der Waals surface area (Å²) in [6.07, 6.45) is 3.54. The van der Waals surface area contributed by atoms with Gasteiger partial charge in [-0.2, -0.15) is 5.10 Å². The normalized spacial score (nSPS) is 12.7. The van der Waals surface area contributed by atoms with Crippen LogP contribution in [0.25, 0.3) is 5.52 Å². The number of hydrogen-bond donors (Lipinski definition) is 2. The molecule has 4 rings (SSSR count). The number of aromatic nitrogens is 5. The molecule has 8 heteroatoms. The molecule has 2 N–H and O–H groups in total. The van der Waals surface area contributed by atoms with E-state index >= 15 is 0 Å². The topological polar surface area (TPSA) is 83.3 Å². The highest BCUT2D eigenvalue weighted by molar-refractivity contribution is 5.72. The maximum atomic E-state index is 13.3. The summed E-state index contributed by atoms with van der Waals surface area (Å²) >= 11 is 0. The van der Waals surface area contributed by atoms with Crippen LogP contribution >= 0.6 is 0 Å². The quantitative estimate of drug-likeness (QED) is 0.528. The fourth-order valence-electron chi connectivity index (χ4n) is 2.86. The molecule has 1 atom stereocenters. The van der Waals surface area contributed by atoms with Crippen LogP contribution in [0.1, 0.15) is 30.0 Å². The molecule has 1 aromatic carbocycles. The second kappa shape index (κ2) is 6.99. The standard InChI is InChI=1S/C19H18FN7/c1-3-21-17(13-6-8-14(20)9-7-13)19-23-18(15-5-4-10-27(15)26-19)22-16-11-12(2)24-25-16/h3-11,17H,1-2H3,(H2,22,23,24,25,26). The summed E-state index contributed by atoms with van der Waals surface area (Å²) < 4.78 is 15.1. The molecule has 3 heterocycles. The summed E-state index contributed by atoms with van der Waals surface area (Å²) in [7, 11) is 0. The van der Waals surface area contributed by atoms with Gasteiger partial charge in [0.1, 0.15) is 17.4 Å². The fraction of sp³-hybridized carbons (Fsp3) is 0.158. The van der Waals surface area contributed by atoms with Gasteiger partial charge < -0.3 is 5.32 Å². The van der Waals surface area contributed by atoms with Crippen LogP contribution in [-0.2, 0) is 0 Å². The maximum absolute atomic E-state index is 13.3. The summed E-state index contributed by atoms with van der Waals surface area (Å²) in [4.78, 5) is 9.19. The number of rotatable bonds is 5. The van der Waals surface area contributed by atoms with Crippen LogP contribution < -0.4 is 5.32 Å². The molecule has 0 fully saturated rings. The van der Waals surface area contributed by atoms with Crippen molar-refractivity contribution in [2.75, 3.05) is 5.32 Å². The minimum absolute atomic E-state index is 0.295. The number of anilines is 2. The first-order valence-corrected chi connectivity index (χ1v) is 8.51. The zero-order valence-electron chi connectivity index (χ0n) is 14.9. The van der Waals surface area contributed by atoms with Crippen LogP contribution in [0.3, 0.4) is 0 Å². The minimum Gasteiger partial charge on any atom is -0.322 e. The number of H-pyrrole nitrogens is 1. The summed E-state index contributed by atoms with van der Waals surface area (Å²) in [5, 5.41) is 14.9. The Kier molecular flexibility index (Phi) is 4.37. The Bertz CT molecular complexity index is 1090. The average molecular weight is 363 g/mol. The molecular formula is C19H18FN7. The van der Waals surface area contributed by atoms with Crippen molar-refractivity contribution in [3.05, 3.63) is 71.6 Å². The highest BCUT2D eigenvalue weighted by atomic mass is 19.1. The molecule has 7 nitrogen and oxygen atoms in total. The van der Waals surface area contributed by atoms with Crippen molar-refractivity contribution in [3.8, 4) is 0 Å². The molecule has 4 aromatic rings. The lowest BCUT2D eigenvalue weighted by molar-refractivity contribution is 0.625. The first-order valence-electron chi connectivity index (χ1n) is 8.51. The molecule has 0 radical (unpaired) electrons. The molecule has 0 saturated heterocycles. The predicted octanol–water partition coefficient (Wildman–Crippen LogP) is 3.82. The lowest BCUT2D eigenvalue weighted by atomic mass is 10.1. The number of aliphatic imine (C=N–C) groups is 1. The van der Waals surface area contributed by atoms with Crippen LogP contribution in [0.4, 0.5) is 16.0 Å². The van der Waals surface area contributed by atoms with Gasteiger partial charge in [-0.15, -0.1) is 5.10 Å². The third kappa shape index (κ3) is 3.41. The molecule has 0 aliphatic rings. The number of halogens is 1. The van der Waals surface area contributed by atoms with Crippen molar-refractivity contribution in [2.24, 2.45) is 4.99 Å². The van der Waals surface area contributed by atoms with Crippen molar-refractivity contribution in [2.45, 2.75) is 19.9 Å². The molecule has 0 aliphatic heterocycles. The number of aryl methyl sites for hydroxylation is 1. The summed E-state index contributed by atoms with van der Waals surface area (Å²) in [6, 6.07) is 11.5. The monoisotopic (exact) mass is 363 g/mol. The third-order valence-electron chi connectivity index (χ3n) is 4.09. The van der Waals surface area contributed by atoms with Crippen molar-refractivity contribution in [1.82, 2.24) is 24.8 Å². The number of hydrogen-bond acceptors (Lipinski definition) is 5. The van der Waals surface area contributed by atoms with E-state index in [4.69, 9.17) is 4.98 Å². The van der Waals surface area contributed by atoms with Gasteiger partial charge in [0, 0.05) is 18.0 Å². The Morgan fingerprint density at radius 2 is 2.07 bits per heavy atom. The first-order chi connectivity index (χ1) is 13.1. The molecular weight excluding hydrogens is 345 g/mol. The Morgan fingerprint density at radius 3 is 2.78 bits per heavy atom. The van der Waals surface area contributed by atoms with Crippen LogP contribution in [-0.4, -0.2) is 31.0 Å². The molecule has 0 bridgehead atoms. The molecule has 0 spiro atoms. The maximum Gasteiger partial charge on any atom is 0.180 e. The smallest absolute Gasteiger partial charge is 0.180 e. The van der Waals surface area contributed by atoms with Crippen LogP contribution in [0.2, 0.25) is 0 Å². The molecule has 136 valence electrons. The minimum atomic E-state index is -0.441. The van der Waals surface area contributed by atoms with E-state index in [2.05, 4.69) is 25.6 Å². The second-order valence-corrected chi connectivity index (χ2v) is 6.08. The van der Waals surface area contributed by atoms with Crippen molar-refractivity contribution in [1.29, 1.82) is 0 Å². The first kappa shape index (κ1) is 16.9. The zero-order chi connectivity index (χ0) is 18.8. The SMILES string of the molecule is CC=NC(c1ccc(F)cc1)c1nc(Nc2cc(C)[nH]n2)c2cccn2n1. The van der Waals surface area contributed by atoms with Crippen molar-refractivity contribution >= 4 is 23.4 Å². The van der Waals surface area contributed by atoms with E-state index in [1.54, 1.807) is 22.9 Å². The lowest BCUT2D eigenvalue weighted by Gasteiger charge is -2.14. The molecule has 27 heavy (non-hydrogen) atoms. The van der Waals surface area contributed by atoms with E-state index in [1.807, 2.05) is 38.2 Å². The van der Waals surface area contributed by atoms with Crippen LogP contribution in [0, 0.1) is 12.7 Å². The number of fused-ring (bicyclic) bond motifs is 1. The highest BCUT2D eigenvalue weighted by Gasteiger charge is 2.19. The van der Waals surface area contributed by atoms with Gasteiger partial charge in [-0.05, 0) is 49.9 Å². The third-order valence-corrected chi connectivity index (χ3v) is 4.09. The van der Waals surface area contributed by atoms with Gasteiger partial charge in [-0.25, -0.2) is 13.9 Å². The number of nitrogens with zero attached hydrogens (tertiary/aromatic N) is 5. The average Bonchev–Trinajstić information content (AvgIpc) is 3.29. The fourth-order valence-corrected chi connectivity index (χ4v) is 2.86. The Hall–Kier alpha value is -3.55. The summed E-state index contributed by atoms with van der Waals surface area (Å²) in [5.74, 6) is 1.49. The largest absolute Gasteiger partial charge is 0.322 e. The van der Waals surface area contributed by atoms with E-state index in [-0.39, 0.29) is 5.82 Å². The van der Waals surface area contributed by atoms with Gasteiger partial charge in [-0.3, -0.25) is 10.1 Å². The predicted molar refractivity (Wildman–Crippen MR) is 102 cm³/mol. The van der Waals surface area contributed by atoms with E-state index in [0.29, 0.717) is 17.5 Å². The summed E-state index contributed by atoms with van der Waals surface area (Å²) in [5.41, 5.74) is 2.57. The van der Waals surface area contributed by atoms with Crippen molar-refractivity contribution < 1.29 is 4.39 Å². The van der Waals surface area contributed by atoms with E-state index < -0.39 is 6.04 Å². The van der Waals surface area contributed by atoms with E-state index in [1.165, 1.54) is 12.1 Å². The summed E-state index contributed by atoms with van der Waals surface area (Å²) in [6.45, 7) is 3.76. The van der Waals surface area contributed by atoms with Gasteiger partial charge in [0.15, 0.2) is 17.5 Å². The Morgan fingerprint density at radius 1 is 1.26 bits per heavy atom.